The van der Waals surface area contributed by atoms with Crippen molar-refractivity contribution in [2.24, 2.45) is 5.73 Å². The van der Waals surface area contributed by atoms with Crippen molar-refractivity contribution in [3.8, 4) is 0 Å². The van der Waals surface area contributed by atoms with E-state index in [9.17, 15) is 4.79 Å². The third-order valence-electron chi connectivity index (χ3n) is 2.68. The number of carbonyl (C=O) groups is 1. The van der Waals surface area contributed by atoms with E-state index in [-0.39, 0.29) is 12.0 Å². The maximum Gasteiger partial charge on any atom is 0.322 e. The van der Waals surface area contributed by atoms with Gasteiger partial charge in [0, 0.05) is 6.54 Å². The van der Waals surface area contributed by atoms with Crippen molar-refractivity contribution in [1.29, 1.82) is 0 Å². The fraction of sp³-hybridized carbons (Fsp3) is 0.900. The Kier molecular flexibility index (Phi) is 5.01. The lowest BCUT2D eigenvalue weighted by atomic mass is 10.2. The lowest BCUT2D eigenvalue weighted by molar-refractivity contribution is -0.148. The smallest absolute Gasteiger partial charge is 0.322 e. The summed E-state index contributed by atoms with van der Waals surface area (Å²) in [5.41, 5.74) is 5.55. The highest BCUT2D eigenvalue weighted by atomic mass is 16.5. The molecule has 1 aliphatic rings. The number of nitrogens with two attached hydrogens (primary N) is 1. The summed E-state index contributed by atoms with van der Waals surface area (Å²) in [5, 5.41) is 0. The topological polar surface area (TPSA) is 64.8 Å². The first kappa shape index (κ1) is 12.4. The van der Waals surface area contributed by atoms with Gasteiger partial charge in [0.25, 0.3) is 0 Å². The Hall–Kier alpha value is -0.650. The molecule has 0 aliphatic carbocycles. The Labute approximate surface area is 90.5 Å². The monoisotopic (exact) mass is 216 g/mol. The summed E-state index contributed by atoms with van der Waals surface area (Å²) in [5.74, 6) is -0.323. The molecule has 5 nitrogen and oxygen atoms in total. The van der Waals surface area contributed by atoms with E-state index in [1.54, 1.807) is 0 Å². The molecular formula is C10H20N2O3. The fourth-order valence-electron chi connectivity index (χ4n) is 1.37. The molecule has 88 valence electrons. The molecule has 1 fully saturated rings. The number of rotatable bonds is 4. The molecule has 1 aliphatic heterocycles. The van der Waals surface area contributed by atoms with Crippen molar-refractivity contribution >= 4 is 5.97 Å². The SMILES string of the molecule is CC[C@H](N)C(=O)OC[C@H]1COCCN1C. The number of hydrogen-bond acceptors (Lipinski definition) is 5. The third kappa shape index (κ3) is 3.77. The van der Waals surface area contributed by atoms with Crippen molar-refractivity contribution in [3.63, 3.8) is 0 Å². The lowest BCUT2D eigenvalue weighted by Gasteiger charge is -2.31. The van der Waals surface area contributed by atoms with Gasteiger partial charge in [0.05, 0.1) is 19.3 Å². The first-order chi connectivity index (χ1) is 7.15. The zero-order chi connectivity index (χ0) is 11.3. The zero-order valence-electron chi connectivity index (χ0n) is 9.44. The zero-order valence-corrected chi connectivity index (χ0v) is 9.44. The van der Waals surface area contributed by atoms with Crippen molar-refractivity contribution < 1.29 is 14.3 Å². The molecule has 2 N–H and O–H groups in total. The second-order valence-corrected chi connectivity index (χ2v) is 3.85. The number of nitrogens with zero attached hydrogens (tertiary/aromatic N) is 1. The van der Waals surface area contributed by atoms with Crippen molar-refractivity contribution in [3.05, 3.63) is 0 Å². The normalized spacial score (nSPS) is 24.9. The standard InChI is InChI=1S/C10H20N2O3/c1-3-9(11)10(13)15-7-8-6-14-5-4-12(8)2/h8-9H,3-7,11H2,1-2H3/t8-,9+/m1/s1. The molecule has 0 saturated carbocycles. The third-order valence-corrected chi connectivity index (χ3v) is 2.68. The van der Waals surface area contributed by atoms with Crippen LogP contribution >= 0.6 is 0 Å². The maximum absolute atomic E-state index is 11.3. The lowest BCUT2D eigenvalue weighted by Crippen LogP contribution is -2.46. The van der Waals surface area contributed by atoms with Crippen LogP contribution in [-0.2, 0) is 14.3 Å². The van der Waals surface area contributed by atoms with E-state index in [4.69, 9.17) is 15.2 Å². The Morgan fingerprint density at radius 3 is 3.07 bits per heavy atom. The summed E-state index contributed by atoms with van der Waals surface area (Å²) in [4.78, 5) is 13.5. The molecule has 5 heteroatoms. The van der Waals surface area contributed by atoms with Crippen molar-refractivity contribution in [2.75, 3.05) is 33.4 Å². The number of likely N-dealkylation sites (N-methyl/N-ethyl adjacent to an activating group) is 1. The molecule has 0 unspecified atom stereocenters. The van der Waals surface area contributed by atoms with Gasteiger partial charge >= 0.3 is 5.97 Å². The van der Waals surface area contributed by atoms with Crippen LogP contribution in [0.5, 0.6) is 0 Å². The van der Waals surface area contributed by atoms with E-state index in [1.165, 1.54) is 0 Å². The summed E-state index contributed by atoms with van der Waals surface area (Å²) < 4.78 is 10.4. The molecular weight excluding hydrogens is 196 g/mol. The first-order valence-corrected chi connectivity index (χ1v) is 5.35. The number of hydrogen-bond donors (Lipinski definition) is 1. The second-order valence-electron chi connectivity index (χ2n) is 3.85. The van der Waals surface area contributed by atoms with Crippen LogP contribution in [-0.4, -0.2) is 56.4 Å². The molecule has 1 saturated heterocycles. The highest BCUT2D eigenvalue weighted by molar-refractivity contribution is 5.75. The molecule has 0 bridgehead atoms. The molecule has 0 aromatic rings. The number of esters is 1. The second kappa shape index (κ2) is 6.05. The summed E-state index contributed by atoms with van der Waals surface area (Å²) in [6, 6.07) is -0.341. The molecule has 0 aromatic heterocycles. The van der Waals surface area contributed by atoms with Gasteiger partial charge in [0.2, 0.25) is 0 Å². The fourth-order valence-corrected chi connectivity index (χ4v) is 1.37. The van der Waals surface area contributed by atoms with Gasteiger partial charge < -0.3 is 15.2 Å². The molecule has 15 heavy (non-hydrogen) atoms. The van der Waals surface area contributed by atoms with Crippen LogP contribution in [0.2, 0.25) is 0 Å². The van der Waals surface area contributed by atoms with Crippen LogP contribution in [0.15, 0.2) is 0 Å². The predicted molar refractivity (Wildman–Crippen MR) is 56.5 cm³/mol. The Balaban J connectivity index is 2.26. The van der Waals surface area contributed by atoms with Crippen LogP contribution in [0.25, 0.3) is 0 Å². The van der Waals surface area contributed by atoms with E-state index in [0.717, 1.165) is 13.2 Å². The summed E-state index contributed by atoms with van der Waals surface area (Å²) >= 11 is 0. The quantitative estimate of drug-likeness (QED) is 0.648. The summed E-state index contributed by atoms with van der Waals surface area (Å²) in [7, 11) is 2.00. The summed E-state index contributed by atoms with van der Waals surface area (Å²) in [6.07, 6.45) is 0.607. The van der Waals surface area contributed by atoms with Crippen LogP contribution in [0.4, 0.5) is 0 Å². The number of ether oxygens (including phenoxy) is 2. The first-order valence-electron chi connectivity index (χ1n) is 5.35. The van der Waals surface area contributed by atoms with E-state index in [2.05, 4.69) is 4.90 Å². The van der Waals surface area contributed by atoms with Crippen LogP contribution in [0.3, 0.4) is 0 Å². The van der Waals surface area contributed by atoms with Crippen LogP contribution in [0, 0.1) is 0 Å². The van der Waals surface area contributed by atoms with Gasteiger partial charge in [-0.1, -0.05) is 6.92 Å². The Morgan fingerprint density at radius 2 is 2.47 bits per heavy atom. The van der Waals surface area contributed by atoms with E-state index in [1.807, 2.05) is 14.0 Å². The van der Waals surface area contributed by atoms with Crippen LogP contribution < -0.4 is 5.73 Å². The molecule has 0 radical (unpaired) electrons. The van der Waals surface area contributed by atoms with Gasteiger partial charge in [-0.2, -0.15) is 0 Å². The van der Waals surface area contributed by atoms with E-state index >= 15 is 0 Å². The molecule has 0 spiro atoms. The minimum Gasteiger partial charge on any atom is -0.463 e. The molecule has 1 heterocycles. The van der Waals surface area contributed by atoms with Crippen molar-refractivity contribution in [1.82, 2.24) is 4.90 Å². The van der Waals surface area contributed by atoms with Gasteiger partial charge in [0.15, 0.2) is 0 Å². The molecule has 0 aromatic carbocycles. The van der Waals surface area contributed by atoms with Crippen LogP contribution in [0.1, 0.15) is 13.3 Å². The average molecular weight is 216 g/mol. The number of morpholine rings is 1. The molecule has 2 atom stereocenters. The maximum atomic E-state index is 11.3. The average Bonchev–Trinajstić information content (AvgIpc) is 2.26. The van der Waals surface area contributed by atoms with Gasteiger partial charge in [-0.3, -0.25) is 9.69 Å². The number of carbonyl (C=O) groups excluding carboxylic acids is 1. The predicted octanol–water partition coefficient (Wildman–Crippen LogP) is -0.402. The Bertz CT molecular complexity index is 211. The van der Waals surface area contributed by atoms with Crippen molar-refractivity contribution in [2.45, 2.75) is 25.4 Å². The van der Waals surface area contributed by atoms with E-state index < -0.39 is 6.04 Å². The largest absolute Gasteiger partial charge is 0.463 e. The highest BCUT2D eigenvalue weighted by Gasteiger charge is 2.22. The van der Waals surface area contributed by atoms with Gasteiger partial charge in [-0.25, -0.2) is 0 Å². The molecule has 1 rings (SSSR count). The highest BCUT2D eigenvalue weighted by Crippen LogP contribution is 2.05. The van der Waals surface area contributed by atoms with Gasteiger partial charge in [-0.05, 0) is 13.5 Å². The Morgan fingerprint density at radius 1 is 1.73 bits per heavy atom. The minimum absolute atomic E-state index is 0.159. The molecule has 0 amide bonds. The summed E-state index contributed by atoms with van der Waals surface area (Å²) in [6.45, 7) is 4.47. The van der Waals surface area contributed by atoms with Gasteiger partial charge in [-0.15, -0.1) is 0 Å². The van der Waals surface area contributed by atoms with E-state index in [0.29, 0.717) is 19.6 Å². The van der Waals surface area contributed by atoms with Gasteiger partial charge in [0.1, 0.15) is 12.6 Å². The minimum atomic E-state index is -0.500.